The van der Waals surface area contributed by atoms with Gasteiger partial charge in [0.05, 0.1) is 7.11 Å². The van der Waals surface area contributed by atoms with E-state index in [9.17, 15) is 4.79 Å². The highest BCUT2D eigenvalue weighted by atomic mass is 16.5. The van der Waals surface area contributed by atoms with Crippen LogP contribution in [0.4, 0.5) is 0 Å². The summed E-state index contributed by atoms with van der Waals surface area (Å²) >= 11 is 0. The molecule has 236 valence electrons. The quantitative estimate of drug-likeness (QED) is 0.0516. The molecule has 0 radical (unpaired) electrons. The SMILES string of the molecule is CCC/C=C/C/C=C\CCCC/C=C\CCCCC.CCCCCCCCCCCCCCCCCC(=O)OC. The van der Waals surface area contributed by atoms with E-state index in [1.54, 1.807) is 0 Å². The van der Waals surface area contributed by atoms with Crippen LogP contribution < -0.4 is 0 Å². The van der Waals surface area contributed by atoms with E-state index in [1.807, 2.05) is 0 Å². The van der Waals surface area contributed by atoms with E-state index in [2.05, 4.69) is 62.0 Å². The van der Waals surface area contributed by atoms with Crippen LogP contribution >= 0.6 is 0 Å². The fourth-order valence-corrected chi connectivity index (χ4v) is 4.69. The molecule has 2 nitrogen and oxygen atoms in total. The normalized spacial score (nSPS) is 11.5. The predicted octanol–water partition coefficient (Wildman–Crippen LogP) is 13.4. The van der Waals surface area contributed by atoms with Crippen LogP contribution in [0.3, 0.4) is 0 Å². The zero-order valence-corrected chi connectivity index (χ0v) is 27.9. The molecule has 0 bridgehead atoms. The number of esters is 1. The van der Waals surface area contributed by atoms with Crippen LogP contribution in [0.25, 0.3) is 0 Å². The highest BCUT2D eigenvalue weighted by molar-refractivity contribution is 5.68. The molecule has 0 saturated carbocycles. The smallest absolute Gasteiger partial charge is 0.305 e. The average Bonchev–Trinajstić information content (AvgIpc) is 2.97. The Labute approximate surface area is 252 Å². The maximum Gasteiger partial charge on any atom is 0.305 e. The molecule has 0 unspecified atom stereocenters. The second kappa shape index (κ2) is 39.8. The molecule has 0 fully saturated rings. The summed E-state index contributed by atoms with van der Waals surface area (Å²) in [4.78, 5) is 10.9. The first kappa shape index (κ1) is 40.8. The van der Waals surface area contributed by atoms with Gasteiger partial charge in [-0.1, -0.05) is 166 Å². The lowest BCUT2D eigenvalue weighted by Gasteiger charge is -2.03. The van der Waals surface area contributed by atoms with Crippen molar-refractivity contribution in [3.8, 4) is 0 Å². The molecule has 0 aromatic rings. The number of carbonyl (C=O) groups is 1. The minimum absolute atomic E-state index is 0.0651. The second-order valence-corrected chi connectivity index (χ2v) is 11.5. The van der Waals surface area contributed by atoms with Crippen LogP contribution in [0.5, 0.6) is 0 Å². The Kier molecular flexibility index (Phi) is 40.7. The summed E-state index contributed by atoms with van der Waals surface area (Å²) < 4.78 is 4.63. The van der Waals surface area contributed by atoms with Crippen molar-refractivity contribution in [1.29, 1.82) is 0 Å². The zero-order valence-electron chi connectivity index (χ0n) is 27.9. The van der Waals surface area contributed by atoms with Gasteiger partial charge in [-0.05, 0) is 57.8 Å². The van der Waals surface area contributed by atoms with Crippen LogP contribution in [0.2, 0.25) is 0 Å². The van der Waals surface area contributed by atoms with Crippen LogP contribution in [-0.4, -0.2) is 13.1 Å². The lowest BCUT2D eigenvalue weighted by molar-refractivity contribution is -0.140. The van der Waals surface area contributed by atoms with Crippen LogP contribution in [-0.2, 0) is 9.53 Å². The molecule has 0 heterocycles. The van der Waals surface area contributed by atoms with Crippen molar-refractivity contribution >= 4 is 5.97 Å². The number of unbranched alkanes of at least 4 members (excludes halogenated alkanes) is 21. The predicted molar refractivity (Wildman–Crippen MR) is 181 cm³/mol. The lowest BCUT2D eigenvalue weighted by Crippen LogP contribution is -1.99. The van der Waals surface area contributed by atoms with Gasteiger partial charge in [0.1, 0.15) is 0 Å². The summed E-state index contributed by atoms with van der Waals surface area (Å²) in [6, 6.07) is 0. The molecule has 0 N–H and O–H groups in total. The van der Waals surface area contributed by atoms with Gasteiger partial charge >= 0.3 is 5.97 Å². The fraction of sp³-hybridized carbons (Fsp3) is 0.816. The third-order valence-electron chi connectivity index (χ3n) is 7.41. The summed E-state index contributed by atoms with van der Waals surface area (Å²) in [5.74, 6) is -0.0651. The Bertz CT molecular complexity index is 546. The van der Waals surface area contributed by atoms with E-state index >= 15 is 0 Å². The second-order valence-electron chi connectivity index (χ2n) is 11.5. The van der Waals surface area contributed by atoms with Gasteiger partial charge in [-0.2, -0.15) is 0 Å². The summed E-state index contributed by atoms with van der Waals surface area (Å²) in [6.07, 6.45) is 49.0. The Hall–Kier alpha value is -1.31. The zero-order chi connectivity index (χ0) is 29.6. The van der Waals surface area contributed by atoms with Crippen LogP contribution in [0.1, 0.15) is 194 Å². The highest BCUT2D eigenvalue weighted by Gasteiger charge is 1.99. The molecular formula is C38H72O2. The molecule has 0 spiro atoms. The third-order valence-corrected chi connectivity index (χ3v) is 7.41. The van der Waals surface area contributed by atoms with Crippen molar-refractivity contribution in [2.75, 3.05) is 7.11 Å². The van der Waals surface area contributed by atoms with Gasteiger partial charge in [0.15, 0.2) is 0 Å². The third kappa shape index (κ3) is 41.2. The number of hydrogen-bond acceptors (Lipinski definition) is 2. The molecule has 0 amide bonds. The lowest BCUT2D eigenvalue weighted by atomic mass is 10.0. The van der Waals surface area contributed by atoms with E-state index in [0.717, 1.165) is 12.8 Å². The van der Waals surface area contributed by atoms with Crippen molar-refractivity contribution in [3.05, 3.63) is 36.5 Å². The molecular weight excluding hydrogens is 488 g/mol. The van der Waals surface area contributed by atoms with E-state index in [4.69, 9.17) is 0 Å². The summed E-state index contributed by atoms with van der Waals surface area (Å²) in [6.45, 7) is 6.76. The van der Waals surface area contributed by atoms with E-state index in [-0.39, 0.29) is 5.97 Å². The molecule has 0 aromatic carbocycles. The minimum atomic E-state index is -0.0651. The molecule has 0 saturated heterocycles. The molecule has 40 heavy (non-hydrogen) atoms. The highest BCUT2D eigenvalue weighted by Crippen LogP contribution is 2.13. The maximum atomic E-state index is 10.9. The summed E-state index contributed by atoms with van der Waals surface area (Å²) in [7, 11) is 1.47. The van der Waals surface area contributed by atoms with Crippen LogP contribution in [0.15, 0.2) is 36.5 Å². The number of carbonyl (C=O) groups excluding carboxylic acids is 1. The molecule has 0 atom stereocenters. The van der Waals surface area contributed by atoms with Crippen molar-refractivity contribution in [1.82, 2.24) is 0 Å². The van der Waals surface area contributed by atoms with Crippen LogP contribution in [0, 0.1) is 0 Å². The van der Waals surface area contributed by atoms with Gasteiger partial charge < -0.3 is 4.74 Å². The van der Waals surface area contributed by atoms with Crippen molar-refractivity contribution in [2.45, 2.75) is 194 Å². The number of hydrogen-bond donors (Lipinski definition) is 0. The summed E-state index contributed by atoms with van der Waals surface area (Å²) in [5, 5.41) is 0. The first-order valence-corrected chi connectivity index (χ1v) is 17.7. The van der Waals surface area contributed by atoms with Crippen molar-refractivity contribution in [2.24, 2.45) is 0 Å². The Morgan fingerprint density at radius 3 is 1.20 bits per heavy atom. The molecule has 0 rings (SSSR count). The van der Waals surface area contributed by atoms with Crippen molar-refractivity contribution in [3.63, 3.8) is 0 Å². The van der Waals surface area contributed by atoms with Gasteiger partial charge in [-0.15, -0.1) is 0 Å². The van der Waals surface area contributed by atoms with Gasteiger partial charge in [0, 0.05) is 6.42 Å². The number of rotatable bonds is 29. The van der Waals surface area contributed by atoms with Gasteiger partial charge in [-0.3, -0.25) is 4.79 Å². The molecule has 0 aliphatic carbocycles. The molecule has 0 aromatic heterocycles. The first-order chi connectivity index (χ1) is 19.7. The molecule has 2 heteroatoms. The van der Waals surface area contributed by atoms with E-state index in [0.29, 0.717) is 6.42 Å². The number of allylic oxidation sites excluding steroid dienone is 6. The Balaban J connectivity index is 0. The number of ether oxygens (including phenoxy) is 1. The fourth-order valence-electron chi connectivity index (χ4n) is 4.69. The minimum Gasteiger partial charge on any atom is -0.469 e. The molecule has 0 aliphatic rings. The average molecular weight is 561 g/mol. The number of methoxy groups -OCH3 is 1. The van der Waals surface area contributed by atoms with E-state index in [1.165, 1.54) is 161 Å². The van der Waals surface area contributed by atoms with Gasteiger partial charge in [0.25, 0.3) is 0 Å². The molecule has 0 aliphatic heterocycles. The van der Waals surface area contributed by atoms with Gasteiger partial charge in [0.2, 0.25) is 0 Å². The maximum absolute atomic E-state index is 10.9. The van der Waals surface area contributed by atoms with E-state index < -0.39 is 0 Å². The standard InChI is InChI=1S/C19H38O2.C19H34/c1-3-4-5-6-7-8-9-10-11-12-13-14-15-16-17-18-19(20)21-2;1-3-5-7-9-11-13-15-17-19-18-16-14-12-10-8-6-4-2/h3-18H2,1-2H3;7,9,12-15H,3-6,8,10-11,16-19H2,1-2H3/b;9-7+,14-12-,15-13-. The Morgan fingerprint density at radius 2 is 0.775 bits per heavy atom. The monoisotopic (exact) mass is 561 g/mol. The first-order valence-electron chi connectivity index (χ1n) is 17.7. The van der Waals surface area contributed by atoms with Gasteiger partial charge in [-0.25, -0.2) is 0 Å². The largest absolute Gasteiger partial charge is 0.469 e. The Morgan fingerprint density at radius 1 is 0.425 bits per heavy atom. The van der Waals surface area contributed by atoms with Crippen molar-refractivity contribution < 1.29 is 9.53 Å². The topological polar surface area (TPSA) is 26.3 Å². The summed E-state index contributed by atoms with van der Waals surface area (Å²) in [5.41, 5.74) is 0.